The molecule has 2 nitrogen and oxygen atoms in total. The Morgan fingerprint density at radius 1 is 1.03 bits per heavy atom. The molecule has 3 heteroatoms. The molecule has 0 atom stereocenters. The van der Waals surface area contributed by atoms with Crippen LogP contribution in [0.4, 0.5) is 11.4 Å². The molecule has 0 radical (unpaired) electrons. The van der Waals surface area contributed by atoms with Crippen LogP contribution in [0.25, 0.3) is 0 Å². The number of anilines is 1. The Balaban J connectivity index is 1.55. The third-order valence-corrected chi connectivity index (χ3v) is 8.27. The fourth-order valence-corrected chi connectivity index (χ4v) is 5.98. The van der Waals surface area contributed by atoms with Crippen LogP contribution in [0.3, 0.4) is 0 Å². The van der Waals surface area contributed by atoms with Crippen molar-refractivity contribution in [3.05, 3.63) is 106 Å². The van der Waals surface area contributed by atoms with Crippen molar-refractivity contribution >= 4 is 23.0 Å². The molecule has 2 aromatic carbocycles. The summed E-state index contributed by atoms with van der Waals surface area (Å²) in [5.41, 5.74) is 9.25. The van der Waals surface area contributed by atoms with Crippen LogP contribution in [0, 0.1) is 0 Å². The van der Waals surface area contributed by atoms with E-state index in [4.69, 9.17) is 11.6 Å². The second-order valence-corrected chi connectivity index (χ2v) is 11.4. The number of allylic oxidation sites excluding steroid dienone is 8. The van der Waals surface area contributed by atoms with E-state index < -0.39 is 0 Å². The summed E-state index contributed by atoms with van der Waals surface area (Å²) >= 11 is 6.96. The van der Waals surface area contributed by atoms with E-state index in [9.17, 15) is 0 Å². The van der Waals surface area contributed by atoms with Crippen molar-refractivity contribution in [1.82, 2.24) is 0 Å². The average molecular weight is 488 g/mol. The van der Waals surface area contributed by atoms with Gasteiger partial charge in [-0.3, -0.25) is 0 Å². The Hall–Kier alpha value is -2.55. The number of hydrogen-bond acceptors (Lipinski definition) is 1. The average Bonchev–Trinajstić information content (AvgIpc) is 3.04. The highest BCUT2D eigenvalue weighted by Gasteiger charge is 2.37. The molecule has 0 unspecified atom stereocenters. The number of quaternary nitrogens is 1. The molecule has 4 rings (SSSR count). The summed E-state index contributed by atoms with van der Waals surface area (Å²) in [5, 5.41) is 3.13. The fourth-order valence-electron chi connectivity index (χ4n) is 5.66. The maximum Gasteiger partial charge on any atom is 0.133 e. The molecule has 1 aliphatic carbocycles. The first-order valence-corrected chi connectivity index (χ1v) is 13.2. The molecule has 0 aromatic heterocycles. The number of rotatable bonds is 6. The summed E-state index contributed by atoms with van der Waals surface area (Å²) in [6.45, 7) is 9.27. The lowest BCUT2D eigenvalue weighted by atomic mass is 9.80. The number of benzene rings is 2. The molecule has 0 bridgehead atoms. The number of nitrogens with zero attached hydrogens (tertiary/aromatic N) is 1. The highest BCUT2D eigenvalue weighted by atomic mass is 35.5. The summed E-state index contributed by atoms with van der Waals surface area (Å²) in [6.07, 6.45) is 13.3. The van der Waals surface area contributed by atoms with Crippen molar-refractivity contribution in [3.63, 3.8) is 0 Å². The third kappa shape index (κ3) is 5.06. The first-order valence-electron chi connectivity index (χ1n) is 12.9. The van der Waals surface area contributed by atoms with Crippen molar-refractivity contribution in [2.45, 2.75) is 64.2 Å². The largest absolute Gasteiger partial charge is 0.347 e. The lowest BCUT2D eigenvalue weighted by Gasteiger charge is -2.25. The van der Waals surface area contributed by atoms with Crippen LogP contribution < -0.4 is 10.2 Å². The van der Waals surface area contributed by atoms with E-state index in [0.717, 1.165) is 30.7 Å². The number of fused-ring (bicyclic) bond motifs is 1. The Bertz CT molecular complexity index is 1210. The SMILES string of the molecule is C[NH2+]c1ccccc1C(C)(C)C/C=C/C1=C(Cl)C(=C/C=C2/N(C)c3ccccc3C2(C)C)/CCC1. The molecule has 0 spiro atoms. The minimum atomic E-state index is -0.0201. The van der Waals surface area contributed by atoms with Gasteiger partial charge in [0.05, 0.1) is 7.05 Å². The highest BCUT2D eigenvalue weighted by molar-refractivity contribution is 6.32. The number of para-hydroxylation sites is 2. The smallest absolute Gasteiger partial charge is 0.133 e. The minimum Gasteiger partial charge on any atom is -0.347 e. The highest BCUT2D eigenvalue weighted by Crippen LogP contribution is 2.47. The summed E-state index contributed by atoms with van der Waals surface area (Å²) in [6, 6.07) is 17.4. The molecular weight excluding hydrogens is 448 g/mol. The number of nitrogens with two attached hydrogens (primary N) is 1. The van der Waals surface area contributed by atoms with Crippen molar-refractivity contribution < 1.29 is 5.32 Å². The quantitative estimate of drug-likeness (QED) is 0.415. The molecule has 1 heterocycles. The predicted molar refractivity (Wildman–Crippen MR) is 152 cm³/mol. The zero-order chi connectivity index (χ0) is 25.2. The number of likely N-dealkylation sites (N-methyl/N-ethyl adjacent to an activating group) is 1. The van der Waals surface area contributed by atoms with Crippen LogP contribution in [0.15, 0.2) is 94.7 Å². The van der Waals surface area contributed by atoms with Crippen LogP contribution >= 0.6 is 11.6 Å². The molecule has 0 saturated carbocycles. The van der Waals surface area contributed by atoms with Gasteiger partial charge in [0.2, 0.25) is 0 Å². The fraction of sp³-hybridized carbons (Fsp3) is 0.375. The molecule has 2 aromatic rings. The predicted octanol–water partition coefficient (Wildman–Crippen LogP) is 7.65. The third-order valence-electron chi connectivity index (χ3n) is 7.79. The maximum atomic E-state index is 6.96. The Labute approximate surface area is 217 Å². The van der Waals surface area contributed by atoms with Crippen molar-refractivity contribution in [1.29, 1.82) is 0 Å². The van der Waals surface area contributed by atoms with Crippen LogP contribution in [0.2, 0.25) is 0 Å². The van der Waals surface area contributed by atoms with Gasteiger partial charge in [-0.05, 0) is 66.0 Å². The lowest BCUT2D eigenvalue weighted by Crippen LogP contribution is -2.73. The van der Waals surface area contributed by atoms with E-state index in [1.54, 1.807) is 0 Å². The summed E-state index contributed by atoms with van der Waals surface area (Å²) in [5.74, 6) is 0. The van der Waals surface area contributed by atoms with Crippen LogP contribution in [0.5, 0.6) is 0 Å². The number of hydrogen-bond donors (Lipinski definition) is 1. The van der Waals surface area contributed by atoms with Gasteiger partial charge >= 0.3 is 0 Å². The zero-order valence-electron chi connectivity index (χ0n) is 22.2. The van der Waals surface area contributed by atoms with Crippen molar-refractivity contribution in [3.8, 4) is 0 Å². The van der Waals surface area contributed by atoms with Gasteiger partial charge in [-0.15, -0.1) is 0 Å². The molecule has 0 saturated heterocycles. The molecule has 0 amide bonds. The van der Waals surface area contributed by atoms with Gasteiger partial charge in [0.25, 0.3) is 0 Å². The molecule has 0 fully saturated rings. The summed E-state index contributed by atoms with van der Waals surface area (Å²) in [4.78, 5) is 2.32. The van der Waals surface area contributed by atoms with Gasteiger partial charge in [0, 0.05) is 34.4 Å². The molecule has 1 aliphatic heterocycles. The second-order valence-electron chi connectivity index (χ2n) is 11.0. The normalized spacial score (nSPS) is 20.4. The Morgan fingerprint density at radius 3 is 2.49 bits per heavy atom. The molecule has 2 aliphatic rings. The topological polar surface area (TPSA) is 19.9 Å². The van der Waals surface area contributed by atoms with Crippen molar-refractivity contribution in [2.75, 3.05) is 19.0 Å². The standard InChI is InChI=1S/C32H39ClN2/c1-31(2,25-16-7-9-18-27(25)34-5)22-12-15-23-13-11-14-24(30(23)33)20-21-29-32(3,4)26-17-8-10-19-28(26)35(29)6/h7-10,12,15-21,34H,11,13-14,22H2,1-6H3/p+1/b15-12+,24-20+,29-21+. The molecule has 184 valence electrons. The Morgan fingerprint density at radius 2 is 1.74 bits per heavy atom. The lowest BCUT2D eigenvalue weighted by molar-refractivity contribution is -0.540. The monoisotopic (exact) mass is 487 g/mol. The molecule has 2 N–H and O–H groups in total. The molecule has 35 heavy (non-hydrogen) atoms. The second kappa shape index (κ2) is 10.2. The Kier molecular flexibility index (Phi) is 7.45. The summed E-state index contributed by atoms with van der Waals surface area (Å²) in [7, 11) is 4.28. The first kappa shape index (κ1) is 25.5. The van der Waals surface area contributed by atoms with E-state index >= 15 is 0 Å². The van der Waals surface area contributed by atoms with E-state index in [2.05, 4.69) is 125 Å². The zero-order valence-corrected chi connectivity index (χ0v) is 22.9. The van der Waals surface area contributed by atoms with Crippen LogP contribution in [0.1, 0.15) is 64.5 Å². The maximum absolute atomic E-state index is 6.96. The van der Waals surface area contributed by atoms with Crippen LogP contribution in [-0.2, 0) is 10.8 Å². The van der Waals surface area contributed by atoms with E-state index in [-0.39, 0.29) is 10.8 Å². The van der Waals surface area contributed by atoms with Crippen LogP contribution in [-0.4, -0.2) is 14.1 Å². The van der Waals surface area contributed by atoms with Gasteiger partial charge in [-0.2, -0.15) is 0 Å². The van der Waals surface area contributed by atoms with Gasteiger partial charge in [0.1, 0.15) is 5.69 Å². The molecular formula is C32H40ClN2+. The minimum absolute atomic E-state index is 0.0201. The van der Waals surface area contributed by atoms with Gasteiger partial charge in [-0.1, -0.05) is 93.9 Å². The van der Waals surface area contributed by atoms with Gasteiger partial charge in [-0.25, -0.2) is 0 Å². The van der Waals surface area contributed by atoms with Gasteiger partial charge < -0.3 is 10.2 Å². The summed E-state index contributed by atoms with van der Waals surface area (Å²) < 4.78 is 0. The van der Waals surface area contributed by atoms with E-state index in [0.29, 0.717) is 0 Å². The van der Waals surface area contributed by atoms with Crippen molar-refractivity contribution in [2.24, 2.45) is 0 Å². The van der Waals surface area contributed by atoms with E-state index in [1.165, 1.54) is 39.3 Å². The van der Waals surface area contributed by atoms with E-state index in [1.807, 2.05) is 0 Å². The first-order chi connectivity index (χ1) is 16.7. The van der Waals surface area contributed by atoms with Gasteiger partial charge in [0.15, 0.2) is 0 Å². The number of halogens is 1.